The van der Waals surface area contributed by atoms with Crippen LogP contribution < -0.4 is 10.6 Å². The molecule has 138 valence electrons. The van der Waals surface area contributed by atoms with Gasteiger partial charge in [-0.15, -0.1) is 0 Å². The second kappa shape index (κ2) is 7.96. The maximum Gasteiger partial charge on any atom is 0.191 e. The highest BCUT2D eigenvalue weighted by atomic mass is 32.2. The van der Waals surface area contributed by atoms with E-state index < -0.39 is 0 Å². The smallest absolute Gasteiger partial charge is 0.191 e. The molecule has 4 nitrogen and oxygen atoms in total. The van der Waals surface area contributed by atoms with Gasteiger partial charge >= 0.3 is 0 Å². The number of guanidine groups is 1. The van der Waals surface area contributed by atoms with E-state index in [1.165, 1.54) is 6.07 Å². The number of rotatable bonds is 6. The van der Waals surface area contributed by atoms with Crippen molar-refractivity contribution >= 4 is 17.7 Å². The van der Waals surface area contributed by atoms with Crippen LogP contribution in [0, 0.1) is 5.82 Å². The molecule has 1 saturated carbocycles. The Bertz CT molecular complexity index is 612. The van der Waals surface area contributed by atoms with E-state index in [2.05, 4.69) is 21.9 Å². The summed E-state index contributed by atoms with van der Waals surface area (Å²) in [6.45, 7) is 3.32. The maximum atomic E-state index is 13.5. The number of aliphatic imine (C=N–C) groups is 1. The number of ether oxygens (including phenoxy) is 1. The van der Waals surface area contributed by atoms with Gasteiger partial charge in [0.1, 0.15) is 5.82 Å². The van der Waals surface area contributed by atoms with Gasteiger partial charge in [0.15, 0.2) is 5.96 Å². The zero-order chi connectivity index (χ0) is 17.8. The van der Waals surface area contributed by atoms with Crippen molar-refractivity contribution in [2.45, 2.75) is 35.8 Å². The summed E-state index contributed by atoms with van der Waals surface area (Å²) in [7, 11) is 1.80. The number of nitrogens with zero attached hydrogens (tertiary/aromatic N) is 1. The number of thioether (sulfide) groups is 1. The van der Waals surface area contributed by atoms with Gasteiger partial charge in [0.2, 0.25) is 0 Å². The fraction of sp³-hybridized carbons (Fsp3) is 0.632. The molecule has 1 aliphatic carbocycles. The number of halogens is 1. The average Bonchev–Trinajstić information content (AvgIpc) is 3.44. The highest BCUT2D eigenvalue weighted by Gasteiger charge is 2.44. The van der Waals surface area contributed by atoms with Crippen LogP contribution in [0.15, 0.2) is 29.3 Å². The van der Waals surface area contributed by atoms with Gasteiger partial charge in [-0.05, 0) is 49.6 Å². The van der Waals surface area contributed by atoms with Crippen molar-refractivity contribution in [2.24, 2.45) is 4.99 Å². The third kappa shape index (κ3) is 4.47. The molecule has 0 amide bonds. The first-order chi connectivity index (χ1) is 12.1. The van der Waals surface area contributed by atoms with Crippen LogP contribution in [-0.4, -0.2) is 50.3 Å². The standard InChI is InChI=1S/C19H28FN3OS/c1-21-17(23-14-19(25-2)8-10-24-11-9-19)22-13-18(6-7-18)15-4-3-5-16(20)12-15/h3-5,12H,6-11,13-14H2,1-2H3,(H2,21,22,23). The number of nitrogens with one attached hydrogen (secondary N) is 2. The van der Waals surface area contributed by atoms with Gasteiger partial charge in [-0.25, -0.2) is 4.39 Å². The van der Waals surface area contributed by atoms with Gasteiger partial charge in [-0.1, -0.05) is 12.1 Å². The summed E-state index contributed by atoms with van der Waals surface area (Å²) in [5, 5.41) is 6.93. The van der Waals surface area contributed by atoms with Crippen LogP contribution in [0.1, 0.15) is 31.2 Å². The summed E-state index contributed by atoms with van der Waals surface area (Å²) < 4.78 is 19.2. The Balaban J connectivity index is 1.54. The van der Waals surface area contributed by atoms with Crippen LogP contribution in [0.2, 0.25) is 0 Å². The van der Waals surface area contributed by atoms with Gasteiger partial charge < -0.3 is 15.4 Å². The number of benzene rings is 1. The molecule has 0 unspecified atom stereocenters. The molecule has 0 atom stereocenters. The predicted molar refractivity (Wildman–Crippen MR) is 103 cm³/mol. The van der Waals surface area contributed by atoms with Gasteiger partial charge in [0.25, 0.3) is 0 Å². The Morgan fingerprint density at radius 1 is 1.20 bits per heavy atom. The minimum Gasteiger partial charge on any atom is -0.381 e. The van der Waals surface area contributed by atoms with Crippen molar-refractivity contribution in [2.75, 3.05) is 39.6 Å². The van der Waals surface area contributed by atoms with Crippen molar-refractivity contribution in [1.29, 1.82) is 0 Å². The third-order valence-electron chi connectivity index (χ3n) is 5.52. The minimum atomic E-state index is -0.160. The second-order valence-corrected chi connectivity index (χ2v) is 8.34. The molecule has 2 N–H and O–H groups in total. The Morgan fingerprint density at radius 3 is 2.52 bits per heavy atom. The number of hydrogen-bond acceptors (Lipinski definition) is 3. The summed E-state index contributed by atoms with van der Waals surface area (Å²) in [6.07, 6.45) is 6.47. The molecule has 1 aromatic carbocycles. The van der Waals surface area contributed by atoms with Crippen LogP contribution in [0.25, 0.3) is 0 Å². The molecule has 0 spiro atoms. The van der Waals surface area contributed by atoms with Crippen molar-refractivity contribution in [3.05, 3.63) is 35.6 Å². The zero-order valence-corrected chi connectivity index (χ0v) is 15.9. The fourth-order valence-corrected chi connectivity index (χ4v) is 4.24. The molecule has 1 aromatic rings. The monoisotopic (exact) mass is 365 g/mol. The zero-order valence-electron chi connectivity index (χ0n) is 15.1. The predicted octanol–water partition coefficient (Wildman–Crippen LogP) is 2.93. The summed E-state index contributed by atoms with van der Waals surface area (Å²) in [6, 6.07) is 6.99. The van der Waals surface area contributed by atoms with Crippen LogP contribution >= 0.6 is 11.8 Å². The quantitative estimate of drug-likeness (QED) is 0.601. The van der Waals surface area contributed by atoms with E-state index in [0.29, 0.717) is 0 Å². The highest BCUT2D eigenvalue weighted by Crippen LogP contribution is 2.47. The van der Waals surface area contributed by atoms with Gasteiger partial charge in [0, 0.05) is 43.5 Å². The highest BCUT2D eigenvalue weighted by molar-refractivity contribution is 8.00. The van der Waals surface area contributed by atoms with E-state index in [1.54, 1.807) is 19.2 Å². The lowest BCUT2D eigenvalue weighted by atomic mass is 9.96. The molecule has 1 heterocycles. The van der Waals surface area contributed by atoms with E-state index in [0.717, 1.165) is 63.5 Å². The van der Waals surface area contributed by atoms with E-state index in [1.807, 2.05) is 17.8 Å². The summed E-state index contributed by atoms with van der Waals surface area (Å²) in [5.74, 6) is 0.662. The van der Waals surface area contributed by atoms with Crippen molar-refractivity contribution in [3.8, 4) is 0 Å². The lowest BCUT2D eigenvalue weighted by molar-refractivity contribution is 0.0783. The third-order valence-corrected chi connectivity index (χ3v) is 6.94. The molecule has 6 heteroatoms. The lowest BCUT2D eigenvalue weighted by Gasteiger charge is -2.36. The maximum absolute atomic E-state index is 13.5. The first-order valence-corrected chi connectivity index (χ1v) is 10.2. The largest absolute Gasteiger partial charge is 0.381 e. The van der Waals surface area contributed by atoms with E-state index in [-0.39, 0.29) is 16.0 Å². The lowest BCUT2D eigenvalue weighted by Crippen LogP contribution is -2.49. The topological polar surface area (TPSA) is 45.7 Å². The van der Waals surface area contributed by atoms with Crippen molar-refractivity contribution < 1.29 is 9.13 Å². The van der Waals surface area contributed by atoms with Crippen LogP contribution in [-0.2, 0) is 10.2 Å². The molecule has 0 bridgehead atoms. The fourth-order valence-electron chi connectivity index (χ4n) is 3.45. The van der Waals surface area contributed by atoms with Gasteiger partial charge in [-0.2, -0.15) is 11.8 Å². The first-order valence-electron chi connectivity index (χ1n) is 8.95. The summed E-state index contributed by atoms with van der Waals surface area (Å²) in [5.41, 5.74) is 1.13. The molecule has 3 rings (SSSR count). The minimum absolute atomic E-state index is 0.0512. The van der Waals surface area contributed by atoms with Crippen LogP contribution in [0.3, 0.4) is 0 Å². The van der Waals surface area contributed by atoms with Crippen molar-refractivity contribution in [3.63, 3.8) is 0 Å². The van der Waals surface area contributed by atoms with E-state index in [4.69, 9.17) is 4.74 Å². The van der Waals surface area contributed by atoms with Crippen LogP contribution in [0.5, 0.6) is 0 Å². The normalized spacial score (nSPS) is 21.6. The van der Waals surface area contributed by atoms with E-state index in [9.17, 15) is 4.39 Å². The Hall–Kier alpha value is -1.27. The Kier molecular flexibility index (Phi) is 5.89. The molecular formula is C19H28FN3OS. The van der Waals surface area contributed by atoms with Gasteiger partial charge in [0.05, 0.1) is 0 Å². The molecule has 1 aliphatic heterocycles. The SMILES string of the molecule is CN=C(NCC1(SC)CCOCC1)NCC1(c2cccc(F)c2)CC1. The molecular weight excluding hydrogens is 337 g/mol. The second-order valence-electron chi connectivity index (χ2n) is 7.07. The van der Waals surface area contributed by atoms with Crippen molar-refractivity contribution in [1.82, 2.24) is 10.6 Å². The number of hydrogen-bond donors (Lipinski definition) is 2. The Labute approximate surface area is 154 Å². The molecule has 0 radical (unpaired) electrons. The molecule has 2 aliphatic rings. The first kappa shape index (κ1) is 18.5. The van der Waals surface area contributed by atoms with E-state index >= 15 is 0 Å². The molecule has 2 fully saturated rings. The molecule has 25 heavy (non-hydrogen) atoms. The average molecular weight is 366 g/mol. The van der Waals surface area contributed by atoms with Gasteiger partial charge in [-0.3, -0.25) is 4.99 Å². The molecule has 1 saturated heterocycles. The summed E-state index contributed by atoms with van der Waals surface area (Å²) in [4.78, 5) is 4.36. The molecule has 0 aromatic heterocycles. The van der Waals surface area contributed by atoms with Crippen LogP contribution in [0.4, 0.5) is 4.39 Å². The summed E-state index contributed by atoms with van der Waals surface area (Å²) >= 11 is 1.91. The Morgan fingerprint density at radius 2 is 1.92 bits per heavy atom.